The van der Waals surface area contributed by atoms with Gasteiger partial charge in [0.2, 0.25) is 5.91 Å². The molecule has 9 heteroatoms. The number of ether oxygens (including phenoxy) is 4. The summed E-state index contributed by atoms with van der Waals surface area (Å²) in [6.45, 7) is 1.42. The van der Waals surface area contributed by atoms with Crippen LogP contribution >= 0.6 is 0 Å². The van der Waals surface area contributed by atoms with Crippen LogP contribution in [0, 0.1) is 0 Å². The van der Waals surface area contributed by atoms with E-state index >= 15 is 0 Å². The SMILES string of the molecule is COc1ccc(OCC(=O)N/N=C(\C)CC(=O)Nc2ccc(OC)cc2OC)cc1. The van der Waals surface area contributed by atoms with Crippen molar-refractivity contribution in [1.82, 2.24) is 5.43 Å². The van der Waals surface area contributed by atoms with E-state index in [4.69, 9.17) is 18.9 Å². The summed E-state index contributed by atoms with van der Waals surface area (Å²) in [4.78, 5) is 24.1. The number of nitrogens with one attached hydrogen (secondary N) is 2. The second-order valence-corrected chi connectivity index (χ2v) is 6.14. The molecule has 2 aromatic carbocycles. The Morgan fingerprint density at radius 1 is 0.867 bits per heavy atom. The van der Waals surface area contributed by atoms with Gasteiger partial charge in [-0.15, -0.1) is 0 Å². The molecule has 0 fully saturated rings. The van der Waals surface area contributed by atoms with E-state index in [1.807, 2.05) is 0 Å². The van der Waals surface area contributed by atoms with Crippen LogP contribution in [-0.2, 0) is 9.59 Å². The average molecular weight is 415 g/mol. The lowest BCUT2D eigenvalue weighted by molar-refractivity contribution is -0.123. The standard InChI is InChI=1S/C21H25N3O6/c1-14(11-20(25)22-18-10-9-17(28-3)12-19(18)29-4)23-24-21(26)13-30-16-7-5-15(27-2)6-8-16/h5-10,12H,11,13H2,1-4H3,(H,22,25)(H,24,26)/b23-14+. The monoisotopic (exact) mass is 415 g/mol. The Balaban J connectivity index is 1.81. The van der Waals surface area contributed by atoms with E-state index in [1.54, 1.807) is 63.6 Å². The minimum atomic E-state index is -0.442. The molecule has 0 unspecified atom stereocenters. The largest absolute Gasteiger partial charge is 0.497 e. The molecule has 2 amide bonds. The number of carbonyl (C=O) groups excluding carboxylic acids is 2. The van der Waals surface area contributed by atoms with Crippen molar-refractivity contribution in [2.24, 2.45) is 5.10 Å². The van der Waals surface area contributed by atoms with Crippen molar-refractivity contribution in [1.29, 1.82) is 0 Å². The summed E-state index contributed by atoms with van der Waals surface area (Å²) in [5.41, 5.74) is 3.30. The number of carbonyl (C=O) groups is 2. The van der Waals surface area contributed by atoms with Gasteiger partial charge in [-0.1, -0.05) is 0 Å². The molecule has 9 nitrogen and oxygen atoms in total. The molecule has 0 saturated heterocycles. The molecule has 0 aliphatic carbocycles. The van der Waals surface area contributed by atoms with Crippen LogP contribution < -0.4 is 29.7 Å². The van der Waals surface area contributed by atoms with Crippen LogP contribution in [0.2, 0.25) is 0 Å². The lowest BCUT2D eigenvalue weighted by Crippen LogP contribution is -2.26. The molecule has 2 aromatic rings. The van der Waals surface area contributed by atoms with Crippen molar-refractivity contribution in [3.63, 3.8) is 0 Å². The van der Waals surface area contributed by atoms with Gasteiger partial charge in [0, 0.05) is 11.8 Å². The molecule has 0 radical (unpaired) electrons. The fourth-order valence-electron chi connectivity index (χ4n) is 2.38. The van der Waals surface area contributed by atoms with Crippen LogP contribution in [-0.4, -0.2) is 45.5 Å². The molecule has 0 aromatic heterocycles. The molecule has 0 aliphatic rings. The second-order valence-electron chi connectivity index (χ2n) is 6.14. The van der Waals surface area contributed by atoms with E-state index in [0.29, 0.717) is 34.4 Å². The Morgan fingerprint density at radius 3 is 2.13 bits per heavy atom. The third kappa shape index (κ3) is 7.01. The molecule has 0 saturated carbocycles. The number of nitrogens with zero attached hydrogens (tertiary/aromatic N) is 1. The van der Waals surface area contributed by atoms with Crippen molar-refractivity contribution in [2.75, 3.05) is 33.3 Å². The molecule has 30 heavy (non-hydrogen) atoms. The topological polar surface area (TPSA) is 107 Å². The van der Waals surface area contributed by atoms with Gasteiger partial charge in [0.25, 0.3) is 5.91 Å². The number of anilines is 1. The van der Waals surface area contributed by atoms with E-state index in [9.17, 15) is 9.59 Å². The van der Waals surface area contributed by atoms with Crippen LogP contribution in [0.15, 0.2) is 47.6 Å². The first-order valence-electron chi connectivity index (χ1n) is 9.06. The summed E-state index contributed by atoms with van der Waals surface area (Å²) < 4.78 is 20.8. The lowest BCUT2D eigenvalue weighted by atomic mass is 10.2. The quantitative estimate of drug-likeness (QED) is 0.456. The predicted molar refractivity (Wildman–Crippen MR) is 113 cm³/mol. The molecular formula is C21H25N3O6. The summed E-state index contributed by atoms with van der Waals surface area (Å²) >= 11 is 0. The Bertz CT molecular complexity index is 896. The maximum Gasteiger partial charge on any atom is 0.277 e. The first-order valence-corrected chi connectivity index (χ1v) is 9.06. The van der Waals surface area contributed by atoms with E-state index in [1.165, 1.54) is 7.11 Å². The number of amides is 2. The highest BCUT2D eigenvalue weighted by molar-refractivity contribution is 6.06. The van der Waals surface area contributed by atoms with Gasteiger partial charge in [0.05, 0.1) is 33.4 Å². The van der Waals surface area contributed by atoms with Gasteiger partial charge in [-0.05, 0) is 43.3 Å². The Labute approximate surface area is 175 Å². The van der Waals surface area contributed by atoms with Gasteiger partial charge in [0.1, 0.15) is 23.0 Å². The molecule has 0 spiro atoms. The van der Waals surface area contributed by atoms with Gasteiger partial charge >= 0.3 is 0 Å². The molecule has 0 heterocycles. The predicted octanol–water partition coefficient (Wildman–Crippen LogP) is 2.61. The number of rotatable bonds is 10. The maximum absolute atomic E-state index is 12.2. The first kappa shape index (κ1) is 22.5. The summed E-state index contributed by atoms with van der Waals surface area (Å²) in [6.07, 6.45) is -0.00516. The molecular weight excluding hydrogens is 390 g/mol. The summed E-state index contributed by atoms with van der Waals surface area (Å²) in [5, 5.41) is 6.66. The molecule has 160 valence electrons. The zero-order valence-electron chi connectivity index (χ0n) is 17.4. The van der Waals surface area contributed by atoms with Gasteiger partial charge < -0.3 is 24.3 Å². The third-order valence-corrected chi connectivity index (χ3v) is 3.90. The van der Waals surface area contributed by atoms with Crippen molar-refractivity contribution in [3.8, 4) is 23.0 Å². The number of methoxy groups -OCH3 is 3. The molecule has 2 N–H and O–H groups in total. The van der Waals surface area contributed by atoms with E-state index < -0.39 is 5.91 Å². The van der Waals surface area contributed by atoms with Gasteiger partial charge in [-0.3, -0.25) is 9.59 Å². The summed E-state index contributed by atoms with van der Waals surface area (Å²) in [7, 11) is 4.61. The van der Waals surface area contributed by atoms with Gasteiger partial charge in [0.15, 0.2) is 6.61 Å². The number of hydrazone groups is 1. The molecule has 0 atom stereocenters. The lowest BCUT2D eigenvalue weighted by Gasteiger charge is -2.11. The normalized spacial score (nSPS) is 10.7. The number of benzene rings is 2. The highest BCUT2D eigenvalue weighted by Crippen LogP contribution is 2.29. The van der Waals surface area contributed by atoms with Crippen LogP contribution in [0.3, 0.4) is 0 Å². The van der Waals surface area contributed by atoms with Crippen molar-refractivity contribution in [2.45, 2.75) is 13.3 Å². The third-order valence-electron chi connectivity index (χ3n) is 3.90. The fraction of sp³-hybridized carbons (Fsp3) is 0.286. The van der Waals surface area contributed by atoms with Crippen LogP contribution in [0.4, 0.5) is 5.69 Å². The van der Waals surface area contributed by atoms with Gasteiger partial charge in [-0.25, -0.2) is 5.43 Å². The minimum Gasteiger partial charge on any atom is -0.497 e. The Kier molecular flexibility index (Phi) is 8.49. The van der Waals surface area contributed by atoms with E-state index in [-0.39, 0.29) is 18.9 Å². The number of hydrogen-bond acceptors (Lipinski definition) is 7. The van der Waals surface area contributed by atoms with Crippen LogP contribution in [0.1, 0.15) is 13.3 Å². The van der Waals surface area contributed by atoms with E-state index in [2.05, 4.69) is 15.8 Å². The highest BCUT2D eigenvalue weighted by Gasteiger charge is 2.10. The summed E-state index contributed by atoms with van der Waals surface area (Å²) in [6, 6.07) is 11.9. The van der Waals surface area contributed by atoms with Gasteiger partial charge in [-0.2, -0.15) is 5.10 Å². The second kappa shape index (κ2) is 11.3. The summed E-state index contributed by atoms with van der Waals surface area (Å²) in [5.74, 6) is 1.56. The highest BCUT2D eigenvalue weighted by atomic mass is 16.5. The zero-order chi connectivity index (χ0) is 21.9. The van der Waals surface area contributed by atoms with Crippen molar-refractivity contribution in [3.05, 3.63) is 42.5 Å². The van der Waals surface area contributed by atoms with Crippen molar-refractivity contribution >= 4 is 23.2 Å². The van der Waals surface area contributed by atoms with Crippen LogP contribution in [0.5, 0.6) is 23.0 Å². The number of hydrogen-bond donors (Lipinski definition) is 2. The molecule has 0 bridgehead atoms. The minimum absolute atomic E-state index is 0.00516. The van der Waals surface area contributed by atoms with Crippen molar-refractivity contribution < 1.29 is 28.5 Å². The Morgan fingerprint density at radius 2 is 1.50 bits per heavy atom. The molecule has 0 aliphatic heterocycles. The maximum atomic E-state index is 12.2. The Hall–Kier alpha value is -3.75. The smallest absolute Gasteiger partial charge is 0.277 e. The zero-order valence-corrected chi connectivity index (χ0v) is 17.4. The average Bonchev–Trinajstić information content (AvgIpc) is 2.76. The first-order chi connectivity index (χ1) is 14.4. The fourth-order valence-corrected chi connectivity index (χ4v) is 2.38. The van der Waals surface area contributed by atoms with E-state index in [0.717, 1.165) is 0 Å². The van der Waals surface area contributed by atoms with Crippen LogP contribution in [0.25, 0.3) is 0 Å². The molecule has 2 rings (SSSR count).